The summed E-state index contributed by atoms with van der Waals surface area (Å²) in [7, 11) is 1.78. The minimum absolute atomic E-state index is 0.0198. The molecule has 0 atom stereocenters. The highest BCUT2D eigenvalue weighted by Crippen LogP contribution is 2.38. The monoisotopic (exact) mass is 278 g/mol. The molecule has 1 aromatic rings. The van der Waals surface area contributed by atoms with Gasteiger partial charge in [0, 0.05) is 20.1 Å². The Morgan fingerprint density at radius 1 is 1.30 bits per heavy atom. The van der Waals surface area contributed by atoms with Crippen LogP contribution < -0.4 is 5.73 Å². The Kier molecular flexibility index (Phi) is 4.06. The summed E-state index contributed by atoms with van der Waals surface area (Å²) >= 11 is 0. The number of rotatable bonds is 3. The van der Waals surface area contributed by atoms with Crippen molar-refractivity contribution in [1.29, 1.82) is 0 Å². The van der Waals surface area contributed by atoms with E-state index in [4.69, 9.17) is 5.73 Å². The number of aryl methyl sites for hydroxylation is 2. The number of nitrogens with zero attached hydrogens (tertiary/aromatic N) is 3. The van der Waals surface area contributed by atoms with Crippen LogP contribution in [0, 0.1) is 12.3 Å². The Morgan fingerprint density at radius 2 is 1.85 bits per heavy atom. The third-order valence-electron chi connectivity index (χ3n) is 5.08. The summed E-state index contributed by atoms with van der Waals surface area (Å²) in [5, 5.41) is 4.23. The lowest BCUT2D eigenvalue weighted by molar-refractivity contribution is 0.0549. The van der Waals surface area contributed by atoms with Crippen LogP contribution in [0.1, 0.15) is 55.7 Å². The molecule has 0 radical (unpaired) electrons. The van der Waals surface area contributed by atoms with Gasteiger partial charge in [0.1, 0.15) is 5.69 Å². The first-order valence-corrected chi connectivity index (χ1v) is 7.52. The van der Waals surface area contributed by atoms with Crippen molar-refractivity contribution in [2.45, 2.75) is 46.5 Å². The first-order valence-electron chi connectivity index (χ1n) is 7.52. The third kappa shape index (κ3) is 2.41. The van der Waals surface area contributed by atoms with E-state index in [0.29, 0.717) is 16.8 Å². The number of amides is 1. The summed E-state index contributed by atoms with van der Waals surface area (Å²) < 4.78 is 1.61. The molecule has 5 heteroatoms. The fraction of sp³-hybridized carbons (Fsp3) is 0.733. The molecule has 112 valence electrons. The van der Waals surface area contributed by atoms with Crippen LogP contribution in [-0.4, -0.2) is 33.7 Å². The number of hydrogen-bond donors (Lipinski definition) is 1. The van der Waals surface area contributed by atoms with E-state index in [-0.39, 0.29) is 5.91 Å². The summed E-state index contributed by atoms with van der Waals surface area (Å²) in [5.74, 6) is 0.0198. The number of likely N-dealkylation sites (tertiary alicyclic amines) is 1. The molecule has 0 aliphatic carbocycles. The highest BCUT2D eigenvalue weighted by atomic mass is 16.2. The van der Waals surface area contributed by atoms with Crippen molar-refractivity contribution in [1.82, 2.24) is 14.7 Å². The van der Waals surface area contributed by atoms with Crippen LogP contribution in [0.15, 0.2) is 0 Å². The number of hydrogen-bond acceptors (Lipinski definition) is 3. The van der Waals surface area contributed by atoms with Crippen LogP contribution in [0.25, 0.3) is 0 Å². The van der Waals surface area contributed by atoms with Gasteiger partial charge in [-0.3, -0.25) is 9.48 Å². The molecule has 20 heavy (non-hydrogen) atoms. The lowest BCUT2D eigenvalue weighted by atomic mass is 9.74. The van der Waals surface area contributed by atoms with Crippen molar-refractivity contribution in [3.05, 3.63) is 11.4 Å². The molecule has 0 bridgehead atoms. The van der Waals surface area contributed by atoms with Gasteiger partial charge >= 0.3 is 0 Å². The van der Waals surface area contributed by atoms with Gasteiger partial charge in [0.05, 0.1) is 11.4 Å². The van der Waals surface area contributed by atoms with Gasteiger partial charge in [-0.15, -0.1) is 0 Å². The molecular weight excluding hydrogens is 252 g/mol. The molecule has 1 aliphatic heterocycles. The second-order valence-corrected chi connectivity index (χ2v) is 5.97. The van der Waals surface area contributed by atoms with Gasteiger partial charge in [0.25, 0.3) is 5.91 Å². The molecule has 2 N–H and O–H groups in total. The van der Waals surface area contributed by atoms with Gasteiger partial charge in [-0.2, -0.15) is 5.10 Å². The Balaban J connectivity index is 2.13. The Morgan fingerprint density at radius 3 is 2.25 bits per heavy atom. The normalized spacial score (nSPS) is 18.3. The van der Waals surface area contributed by atoms with Crippen LogP contribution in [-0.2, 0) is 7.05 Å². The van der Waals surface area contributed by atoms with Gasteiger partial charge in [-0.05, 0) is 25.2 Å². The molecule has 2 heterocycles. The number of nitrogen functional groups attached to an aromatic ring is 1. The van der Waals surface area contributed by atoms with Crippen molar-refractivity contribution in [2.24, 2.45) is 12.5 Å². The maximum atomic E-state index is 12.6. The number of nitrogens with two attached hydrogens (primary N) is 1. The standard InChI is InChI=1S/C15H26N4O/c1-5-15(6-2)7-9-19(10-8-15)14(20)13-12(16)11(3)17-18(13)4/h5-10,16H2,1-4H3. The third-order valence-corrected chi connectivity index (χ3v) is 5.08. The quantitative estimate of drug-likeness (QED) is 0.923. The molecule has 0 spiro atoms. The number of carbonyl (C=O) groups excluding carboxylic acids is 1. The van der Waals surface area contributed by atoms with E-state index >= 15 is 0 Å². The zero-order valence-corrected chi connectivity index (χ0v) is 13.1. The Hall–Kier alpha value is -1.52. The fourth-order valence-electron chi connectivity index (χ4n) is 3.22. The van der Waals surface area contributed by atoms with Crippen LogP contribution in [0.3, 0.4) is 0 Å². The number of piperidine rings is 1. The molecule has 1 aliphatic rings. The zero-order chi connectivity index (χ0) is 14.9. The van der Waals surface area contributed by atoms with Gasteiger partial charge in [0.15, 0.2) is 0 Å². The van der Waals surface area contributed by atoms with E-state index in [1.807, 2.05) is 11.8 Å². The molecule has 2 rings (SSSR count). The average molecular weight is 278 g/mol. The van der Waals surface area contributed by atoms with E-state index in [1.54, 1.807) is 11.7 Å². The molecule has 1 saturated heterocycles. The summed E-state index contributed by atoms with van der Waals surface area (Å²) in [6, 6.07) is 0. The summed E-state index contributed by atoms with van der Waals surface area (Å²) in [6.45, 7) is 7.99. The van der Waals surface area contributed by atoms with E-state index in [0.717, 1.165) is 31.6 Å². The van der Waals surface area contributed by atoms with E-state index in [2.05, 4.69) is 18.9 Å². The summed E-state index contributed by atoms with van der Waals surface area (Å²) in [6.07, 6.45) is 4.56. The van der Waals surface area contributed by atoms with Crippen LogP contribution in [0.2, 0.25) is 0 Å². The second-order valence-electron chi connectivity index (χ2n) is 5.97. The van der Waals surface area contributed by atoms with E-state index < -0.39 is 0 Å². The topological polar surface area (TPSA) is 64.2 Å². The molecule has 0 aromatic carbocycles. The Bertz CT molecular complexity index is 492. The molecule has 0 unspecified atom stereocenters. The highest BCUT2D eigenvalue weighted by molar-refractivity contribution is 5.98. The van der Waals surface area contributed by atoms with Crippen molar-refractivity contribution >= 4 is 11.6 Å². The maximum absolute atomic E-state index is 12.6. The van der Waals surface area contributed by atoms with Gasteiger partial charge in [-0.1, -0.05) is 26.7 Å². The minimum Gasteiger partial charge on any atom is -0.395 e. The van der Waals surface area contributed by atoms with Crippen LogP contribution >= 0.6 is 0 Å². The molecule has 1 amide bonds. The van der Waals surface area contributed by atoms with Crippen molar-refractivity contribution in [3.63, 3.8) is 0 Å². The van der Waals surface area contributed by atoms with Crippen molar-refractivity contribution in [3.8, 4) is 0 Å². The smallest absolute Gasteiger partial charge is 0.274 e. The molecule has 1 aromatic heterocycles. The molecule has 5 nitrogen and oxygen atoms in total. The lowest BCUT2D eigenvalue weighted by Crippen LogP contribution is -2.43. The molecule has 1 fully saturated rings. The predicted molar refractivity (Wildman–Crippen MR) is 80.5 cm³/mol. The maximum Gasteiger partial charge on any atom is 0.274 e. The Labute approximate surface area is 121 Å². The summed E-state index contributed by atoms with van der Waals surface area (Å²) in [4.78, 5) is 14.6. The van der Waals surface area contributed by atoms with Gasteiger partial charge < -0.3 is 10.6 Å². The van der Waals surface area contributed by atoms with Gasteiger partial charge in [0.2, 0.25) is 0 Å². The minimum atomic E-state index is 0.0198. The first kappa shape index (κ1) is 14.9. The predicted octanol–water partition coefficient (Wildman–Crippen LogP) is 2.35. The SMILES string of the molecule is CCC1(CC)CCN(C(=O)c2c(N)c(C)nn2C)CC1. The lowest BCUT2D eigenvalue weighted by Gasteiger charge is -2.41. The largest absolute Gasteiger partial charge is 0.395 e. The highest BCUT2D eigenvalue weighted by Gasteiger charge is 2.34. The van der Waals surface area contributed by atoms with Crippen molar-refractivity contribution < 1.29 is 4.79 Å². The average Bonchev–Trinajstić information content (AvgIpc) is 2.71. The fourth-order valence-corrected chi connectivity index (χ4v) is 3.22. The second kappa shape index (κ2) is 5.46. The number of carbonyl (C=O) groups is 1. The van der Waals surface area contributed by atoms with E-state index in [9.17, 15) is 4.79 Å². The van der Waals surface area contributed by atoms with Crippen LogP contribution in [0.4, 0.5) is 5.69 Å². The van der Waals surface area contributed by atoms with Gasteiger partial charge in [-0.25, -0.2) is 0 Å². The zero-order valence-electron chi connectivity index (χ0n) is 13.1. The number of aromatic nitrogens is 2. The number of anilines is 1. The van der Waals surface area contributed by atoms with E-state index in [1.165, 1.54) is 12.8 Å². The van der Waals surface area contributed by atoms with Crippen LogP contribution in [0.5, 0.6) is 0 Å². The molecule has 0 saturated carbocycles. The van der Waals surface area contributed by atoms with Crippen molar-refractivity contribution in [2.75, 3.05) is 18.8 Å². The molecular formula is C15H26N4O. The summed E-state index contributed by atoms with van der Waals surface area (Å²) in [5.41, 5.74) is 8.18. The first-order chi connectivity index (χ1) is 9.44.